The van der Waals surface area contributed by atoms with Gasteiger partial charge in [0.05, 0.1) is 17.8 Å². The van der Waals surface area contributed by atoms with Crippen molar-refractivity contribution in [3.05, 3.63) is 23.2 Å². The van der Waals surface area contributed by atoms with Crippen LogP contribution >= 0.6 is 11.6 Å². The number of carboxylic acids is 1. The van der Waals surface area contributed by atoms with Crippen LogP contribution in [-0.2, 0) is 11.2 Å². The van der Waals surface area contributed by atoms with Crippen LogP contribution in [0, 0.1) is 5.92 Å². The summed E-state index contributed by atoms with van der Waals surface area (Å²) in [5.41, 5.74) is 0.525. The number of carbonyl (C=O) groups is 1. The molecule has 1 N–H and O–H groups in total. The standard InChI is InChI=1S/C9H9ClN4O2/c1-5(8(15)16)4-6-7(10)14-3-2-11-13-9(14)12-6/h2-3,5H,4H2,1H3,(H,15,16). The lowest BCUT2D eigenvalue weighted by Crippen LogP contribution is -2.12. The Morgan fingerprint density at radius 2 is 2.44 bits per heavy atom. The Labute approximate surface area is 95.9 Å². The van der Waals surface area contributed by atoms with Crippen LogP contribution in [0.1, 0.15) is 12.6 Å². The molecule has 0 radical (unpaired) electrons. The van der Waals surface area contributed by atoms with Crippen LogP contribution in [0.2, 0.25) is 5.15 Å². The Morgan fingerprint density at radius 1 is 1.69 bits per heavy atom. The molecule has 2 aromatic heterocycles. The highest BCUT2D eigenvalue weighted by molar-refractivity contribution is 6.30. The topological polar surface area (TPSA) is 80.4 Å². The molecule has 84 valence electrons. The lowest BCUT2D eigenvalue weighted by Gasteiger charge is -2.02. The summed E-state index contributed by atoms with van der Waals surface area (Å²) < 4.78 is 1.57. The maximum absolute atomic E-state index is 10.7. The third-order valence-corrected chi connectivity index (χ3v) is 2.65. The van der Waals surface area contributed by atoms with Crippen LogP contribution < -0.4 is 0 Å². The van der Waals surface area contributed by atoms with Gasteiger partial charge in [-0.15, -0.1) is 5.10 Å². The molecule has 6 nitrogen and oxygen atoms in total. The minimum absolute atomic E-state index is 0.275. The van der Waals surface area contributed by atoms with Crippen LogP contribution in [0.15, 0.2) is 12.4 Å². The third-order valence-electron chi connectivity index (χ3n) is 2.25. The molecule has 1 unspecified atom stereocenters. The van der Waals surface area contributed by atoms with Gasteiger partial charge in [0.25, 0.3) is 5.78 Å². The SMILES string of the molecule is CC(Cc1nc2nnccn2c1Cl)C(=O)O. The molecule has 2 rings (SSSR count). The summed E-state index contributed by atoms with van der Waals surface area (Å²) in [5, 5.41) is 16.6. The molecule has 0 amide bonds. The smallest absolute Gasteiger partial charge is 0.306 e. The van der Waals surface area contributed by atoms with E-state index in [1.54, 1.807) is 17.5 Å². The summed E-state index contributed by atoms with van der Waals surface area (Å²) in [6.45, 7) is 1.61. The lowest BCUT2D eigenvalue weighted by atomic mass is 10.1. The Balaban J connectivity index is 2.38. The van der Waals surface area contributed by atoms with Crippen molar-refractivity contribution in [2.45, 2.75) is 13.3 Å². The van der Waals surface area contributed by atoms with Crippen LogP contribution in [0.3, 0.4) is 0 Å². The van der Waals surface area contributed by atoms with Crippen molar-refractivity contribution in [3.8, 4) is 0 Å². The van der Waals surface area contributed by atoms with E-state index in [0.29, 0.717) is 16.6 Å². The fraction of sp³-hybridized carbons (Fsp3) is 0.333. The number of halogens is 1. The van der Waals surface area contributed by atoms with Crippen molar-refractivity contribution in [3.63, 3.8) is 0 Å². The summed E-state index contributed by atoms with van der Waals surface area (Å²) in [6.07, 6.45) is 3.40. The molecule has 0 aliphatic heterocycles. The molecule has 0 aromatic carbocycles. The Kier molecular flexibility index (Phi) is 2.74. The first-order chi connectivity index (χ1) is 7.59. The van der Waals surface area contributed by atoms with Gasteiger partial charge in [-0.25, -0.2) is 4.98 Å². The minimum atomic E-state index is -0.876. The molecule has 0 aliphatic carbocycles. The fourth-order valence-electron chi connectivity index (χ4n) is 1.34. The third kappa shape index (κ3) is 1.83. The normalized spacial score (nSPS) is 12.9. The highest BCUT2D eigenvalue weighted by Gasteiger charge is 2.18. The van der Waals surface area contributed by atoms with Gasteiger partial charge in [-0.3, -0.25) is 9.20 Å². The van der Waals surface area contributed by atoms with Gasteiger partial charge >= 0.3 is 5.97 Å². The molecule has 16 heavy (non-hydrogen) atoms. The van der Waals surface area contributed by atoms with E-state index in [4.69, 9.17) is 16.7 Å². The zero-order chi connectivity index (χ0) is 11.7. The predicted molar refractivity (Wildman–Crippen MR) is 56.3 cm³/mol. The highest BCUT2D eigenvalue weighted by atomic mass is 35.5. The van der Waals surface area contributed by atoms with E-state index in [0.717, 1.165) is 0 Å². The van der Waals surface area contributed by atoms with Gasteiger partial charge in [-0.1, -0.05) is 18.5 Å². The van der Waals surface area contributed by atoms with Crippen molar-refractivity contribution in [1.29, 1.82) is 0 Å². The second-order valence-electron chi connectivity index (χ2n) is 3.48. The molecular weight excluding hydrogens is 232 g/mol. The molecule has 2 aromatic rings. The van der Waals surface area contributed by atoms with Crippen molar-refractivity contribution in [2.24, 2.45) is 5.92 Å². The van der Waals surface area contributed by atoms with E-state index in [-0.39, 0.29) is 6.42 Å². The van der Waals surface area contributed by atoms with Gasteiger partial charge in [-0.05, 0) is 0 Å². The summed E-state index contributed by atoms with van der Waals surface area (Å²) in [4.78, 5) is 14.9. The minimum Gasteiger partial charge on any atom is -0.481 e. The summed E-state index contributed by atoms with van der Waals surface area (Å²) in [5.74, 6) is -1.03. The number of imidazole rings is 1. The van der Waals surface area contributed by atoms with E-state index in [1.807, 2.05) is 0 Å². The lowest BCUT2D eigenvalue weighted by molar-refractivity contribution is -0.141. The number of aromatic nitrogens is 4. The Morgan fingerprint density at radius 3 is 3.06 bits per heavy atom. The maximum Gasteiger partial charge on any atom is 0.306 e. The molecule has 0 fully saturated rings. The summed E-state index contributed by atoms with van der Waals surface area (Å²) in [6, 6.07) is 0. The fourth-order valence-corrected chi connectivity index (χ4v) is 1.59. The van der Waals surface area contributed by atoms with Crippen LogP contribution in [0.4, 0.5) is 0 Å². The first-order valence-electron chi connectivity index (χ1n) is 4.66. The number of nitrogens with zero attached hydrogens (tertiary/aromatic N) is 4. The number of fused-ring (bicyclic) bond motifs is 1. The van der Waals surface area contributed by atoms with Crippen molar-refractivity contribution in [2.75, 3.05) is 0 Å². The van der Waals surface area contributed by atoms with E-state index >= 15 is 0 Å². The van der Waals surface area contributed by atoms with Gasteiger partial charge in [0, 0.05) is 12.6 Å². The maximum atomic E-state index is 10.7. The average molecular weight is 241 g/mol. The van der Waals surface area contributed by atoms with E-state index < -0.39 is 11.9 Å². The number of hydrogen-bond acceptors (Lipinski definition) is 4. The average Bonchev–Trinajstić information content (AvgIpc) is 2.56. The van der Waals surface area contributed by atoms with Gasteiger partial charge in [0.2, 0.25) is 0 Å². The summed E-state index contributed by atoms with van der Waals surface area (Å²) in [7, 11) is 0. The van der Waals surface area contributed by atoms with Gasteiger partial charge in [0.15, 0.2) is 0 Å². The molecule has 0 saturated carbocycles. The van der Waals surface area contributed by atoms with E-state index in [9.17, 15) is 4.79 Å². The monoisotopic (exact) mass is 240 g/mol. The Bertz CT molecular complexity index is 539. The Hall–Kier alpha value is -1.69. The number of rotatable bonds is 3. The summed E-state index contributed by atoms with van der Waals surface area (Å²) >= 11 is 6.05. The second-order valence-corrected chi connectivity index (χ2v) is 3.83. The first-order valence-corrected chi connectivity index (χ1v) is 5.04. The predicted octanol–water partition coefficient (Wildman–Crippen LogP) is 1.04. The second kappa shape index (κ2) is 4.05. The molecule has 2 heterocycles. The largest absolute Gasteiger partial charge is 0.481 e. The zero-order valence-corrected chi connectivity index (χ0v) is 9.22. The molecular formula is C9H9ClN4O2. The van der Waals surface area contributed by atoms with Gasteiger partial charge < -0.3 is 5.11 Å². The van der Waals surface area contributed by atoms with Crippen molar-refractivity contribution >= 4 is 23.3 Å². The van der Waals surface area contributed by atoms with E-state index in [1.165, 1.54) is 6.20 Å². The number of aliphatic carboxylic acids is 1. The van der Waals surface area contributed by atoms with Crippen molar-refractivity contribution in [1.82, 2.24) is 19.6 Å². The van der Waals surface area contributed by atoms with Gasteiger partial charge in [0.1, 0.15) is 5.15 Å². The highest BCUT2D eigenvalue weighted by Crippen LogP contribution is 2.19. The van der Waals surface area contributed by atoms with Crippen LogP contribution in [-0.4, -0.2) is 30.7 Å². The molecule has 7 heteroatoms. The number of carboxylic acid groups (broad SMARTS) is 1. The van der Waals surface area contributed by atoms with Crippen molar-refractivity contribution < 1.29 is 9.90 Å². The van der Waals surface area contributed by atoms with E-state index in [2.05, 4.69) is 15.2 Å². The molecule has 0 saturated heterocycles. The van der Waals surface area contributed by atoms with Crippen LogP contribution in [0.5, 0.6) is 0 Å². The molecule has 0 aliphatic rings. The molecule has 0 spiro atoms. The molecule has 0 bridgehead atoms. The quantitative estimate of drug-likeness (QED) is 0.867. The van der Waals surface area contributed by atoms with Crippen LogP contribution in [0.25, 0.3) is 5.78 Å². The molecule has 1 atom stereocenters. The zero-order valence-electron chi connectivity index (χ0n) is 8.46. The number of hydrogen-bond donors (Lipinski definition) is 1. The van der Waals surface area contributed by atoms with Gasteiger partial charge in [-0.2, -0.15) is 5.10 Å². The first kappa shape index (κ1) is 10.8.